The molecule has 1 aliphatic rings. The number of amides is 1. The molecule has 158 valence electrons. The first kappa shape index (κ1) is 20.7. The number of carbonyl (C=O) groups is 1. The Kier molecular flexibility index (Phi) is 5.50. The van der Waals surface area contributed by atoms with Crippen LogP contribution in [-0.2, 0) is 10.0 Å². The summed E-state index contributed by atoms with van der Waals surface area (Å²) in [6.45, 7) is 5.70. The topological polar surface area (TPSA) is 101 Å². The zero-order valence-corrected chi connectivity index (χ0v) is 18.8. The lowest BCUT2D eigenvalue weighted by Gasteiger charge is -2.09. The van der Waals surface area contributed by atoms with Gasteiger partial charge in [0.25, 0.3) is 5.91 Å². The smallest absolute Gasteiger partial charge is 0.266 e. The van der Waals surface area contributed by atoms with Gasteiger partial charge in [-0.05, 0) is 62.9 Å². The summed E-state index contributed by atoms with van der Waals surface area (Å²) in [6, 6.07) is 6.64. The van der Waals surface area contributed by atoms with Crippen molar-refractivity contribution in [3.8, 4) is 0 Å². The number of anilines is 2. The number of thiophene rings is 1. The van der Waals surface area contributed by atoms with Crippen LogP contribution in [0.4, 0.5) is 11.4 Å². The molecule has 3 aromatic rings. The van der Waals surface area contributed by atoms with Gasteiger partial charge >= 0.3 is 0 Å². The van der Waals surface area contributed by atoms with E-state index in [0.29, 0.717) is 28.6 Å². The second-order valence-electron chi connectivity index (χ2n) is 7.63. The van der Waals surface area contributed by atoms with E-state index in [2.05, 4.69) is 15.0 Å². The van der Waals surface area contributed by atoms with Gasteiger partial charge in [0.05, 0.1) is 16.3 Å². The van der Waals surface area contributed by atoms with E-state index in [1.807, 2.05) is 20.8 Å². The summed E-state index contributed by atoms with van der Waals surface area (Å²) in [7, 11) is -3.34. The van der Waals surface area contributed by atoms with E-state index < -0.39 is 10.0 Å². The van der Waals surface area contributed by atoms with Crippen molar-refractivity contribution in [3.05, 3.63) is 46.2 Å². The zero-order chi connectivity index (χ0) is 21.5. The second kappa shape index (κ2) is 7.96. The molecular formula is C21H24N4O3S2. The lowest BCUT2D eigenvalue weighted by atomic mass is 10.1. The quantitative estimate of drug-likeness (QED) is 0.555. The van der Waals surface area contributed by atoms with Gasteiger partial charge in [0, 0.05) is 22.7 Å². The highest BCUT2D eigenvalue weighted by Gasteiger charge is 2.28. The Labute approximate surface area is 180 Å². The predicted octanol–water partition coefficient (Wildman–Crippen LogP) is 4.59. The number of fused-ring (bicyclic) bond motifs is 1. The lowest BCUT2D eigenvalue weighted by Crippen LogP contribution is -2.16. The monoisotopic (exact) mass is 444 g/mol. The van der Waals surface area contributed by atoms with Crippen LogP contribution >= 0.6 is 11.3 Å². The molecule has 1 aliphatic carbocycles. The van der Waals surface area contributed by atoms with E-state index in [1.165, 1.54) is 11.3 Å². The summed E-state index contributed by atoms with van der Waals surface area (Å²) in [4.78, 5) is 23.7. The van der Waals surface area contributed by atoms with E-state index in [9.17, 15) is 13.2 Å². The SMILES string of the molecule is CCCS(=O)(=O)Nc1ccc(NC(=O)c2sc3nc(C4CC4)nc(C)c3c2C)cc1. The number of aryl methyl sites for hydroxylation is 2. The summed E-state index contributed by atoms with van der Waals surface area (Å²) >= 11 is 1.39. The van der Waals surface area contributed by atoms with Gasteiger partial charge in [0.1, 0.15) is 10.7 Å². The normalized spacial score (nSPS) is 14.1. The minimum absolute atomic E-state index is 0.0709. The largest absolute Gasteiger partial charge is 0.321 e. The molecule has 1 saturated carbocycles. The summed E-state index contributed by atoms with van der Waals surface area (Å²) in [5.74, 6) is 1.21. The maximum Gasteiger partial charge on any atom is 0.266 e. The molecule has 0 radical (unpaired) electrons. The minimum atomic E-state index is -3.34. The van der Waals surface area contributed by atoms with Crippen LogP contribution in [0.25, 0.3) is 10.2 Å². The Morgan fingerprint density at radius 3 is 2.43 bits per heavy atom. The number of carbonyl (C=O) groups excluding carboxylic acids is 1. The summed E-state index contributed by atoms with van der Waals surface area (Å²) in [5, 5.41) is 3.84. The molecule has 2 N–H and O–H groups in total. The summed E-state index contributed by atoms with van der Waals surface area (Å²) in [5.41, 5.74) is 2.87. The Morgan fingerprint density at radius 2 is 1.80 bits per heavy atom. The average Bonchev–Trinajstić information content (AvgIpc) is 3.47. The Bertz CT molecular complexity index is 1210. The molecule has 1 aromatic carbocycles. The molecule has 7 nitrogen and oxygen atoms in total. The summed E-state index contributed by atoms with van der Waals surface area (Å²) in [6.07, 6.45) is 2.81. The van der Waals surface area contributed by atoms with Crippen LogP contribution in [0.2, 0.25) is 0 Å². The van der Waals surface area contributed by atoms with Crippen molar-refractivity contribution in [2.24, 2.45) is 0 Å². The number of benzene rings is 1. The van der Waals surface area contributed by atoms with Gasteiger partial charge in [-0.2, -0.15) is 0 Å². The van der Waals surface area contributed by atoms with Crippen molar-refractivity contribution in [1.82, 2.24) is 9.97 Å². The third kappa shape index (κ3) is 4.32. The Morgan fingerprint density at radius 1 is 1.13 bits per heavy atom. The van der Waals surface area contributed by atoms with Crippen molar-refractivity contribution in [3.63, 3.8) is 0 Å². The molecule has 0 spiro atoms. The maximum absolute atomic E-state index is 12.9. The fourth-order valence-electron chi connectivity index (χ4n) is 3.41. The number of aromatic nitrogens is 2. The van der Waals surface area contributed by atoms with Crippen LogP contribution in [0.3, 0.4) is 0 Å². The highest BCUT2D eigenvalue weighted by molar-refractivity contribution is 7.92. The van der Waals surface area contributed by atoms with Gasteiger partial charge in [0.15, 0.2) is 0 Å². The second-order valence-corrected chi connectivity index (χ2v) is 10.5. The van der Waals surface area contributed by atoms with Crippen molar-refractivity contribution in [1.29, 1.82) is 0 Å². The van der Waals surface area contributed by atoms with E-state index >= 15 is 0 Å². The average molecular weight is 445 g/mol. The molecule has 0 atom stereocenters. The van der Waals surface area contributed by atoms with E-state index in [4.69, 9.17) is 4.98 Å². The third-order valence-corrected chi connectivity index (χ3v) is 7.70. The molecule has 0 saturated heterocycles. The molecule has 2 aromatic heterocycles. The first-order chi connectivity index (χ1) is 14.3. The van der Waals surface area contributed by atoms with Crippen molar-refractivity contribution in [2.45, 2.75) is 46.0 Å². The van der Waals surface area contributed by atoms with Crippen LogP contribution in [-0.4, -0.2) is 30.0 Å². The van der Waals surface area contributed by atoms with Crippen molar-refractivity contribution < 1.29 is 13.2 Å². The zero-order valence-electron chi connectivity index (χ0n) is 17.2. The molecule has 30 heavy (non-hydrogen) atoms. The van der Waals surface area contributed by atoms with E-state index in [0.717, 1.165) is 40.1 Å². The number of sulfonamides is 1. The molecule has 2 heterocycles. The van der Waals surface area contributed by atoms with Crippen LogP contribution in [0.5, 0.6) is 0 Å². The highest BCUT2D eigenvalue weighted by Crippen LogP contribution is 2.40. The van der Waals surface area contributed by atoms with Crippen LogP contribution in [0, 0.1) is 13.8 Å². The van der Waals surface area contributed by atoms with E-state index in [1.54, 1.807) is 24.3 Å². The van der Waals surface area contributed by atoms with Crippen molar-refractivity contribution in [2.75, 3.05) is 15.8 Å². The fraction of sp³-hybridized carbons (Fsp3) is 0.381. The predicted molar refractivity (Wildman–Crippen MR) is 121 cm³/mol. The molecule has 9 heteroatoms. The van der Waals surface area contributed by atoms with Gasteiger partial charge in [-0.25, -0.2) is 18.4 Å². The summed E-state index contributed by atoms with van der Waals surface area (Å²) < 4.78 is 26.3. The maximum atomic E-state index is 12.9. The first-order valence-corrected chi connectivity index (χ1v) is 12.4. The first-order valence-electron chi connectivity index (χ1n) is 9.97. The lowest BCUT2D eigenvalue weighted by molar-refractivity contribution is 0.103. The molecule has 0 aliphatic heterocycles. The Hall–Kier alpha value is -2.52. The van der Waals surface area contributed by atoms with Crippen LogP contribution < -0.4 is 10.0 Å². The van der Waals surface area contributed by atoms with Crippen molar-refractivity contribution >= 4 is 48.9 Å². The van der Waals surface area contributed by atoms with Gasteiger partial charge in [-0.3, -0.25) is 9.52 Å². The fourth-order valence-corrected chi connectivity index (χ4v) is 5.68. The number of rotatable bonds is 7. The number of hydrogen-bond acceptors (Lipinski definition) is 6. The van der Waals surface area contributed by atoms with Crippen LogP contribution in [0.1, 0.15) is 58.9 Å². The number of hydrogen-bond donors (Lipinski definition) is 2. The Balaban J connectivity index is 1.53. The molecule has 4 rings (SSSR count). The molecule has 0 bridgehead atoms. The standard InChI is InChI=1S/C21H24N4O3S2/c1-4-11-30(27,28)25-16-9-7-15(8-10-16)23-20(26)18-12(2)17-13(3)22-19(14-5-6-14)24-21(17)29-18/h7-10,14,25H,4-6,11H2,1-3H3,(H,23,26). The van der Waals surface area contributed by atoms with Gasteiger partial charge in [0.2, 0.25) is 10.0 Å². The van der Waals surface area contributed by atoms with Gasteiger partial charge < -0.3 is 5.32 Å². The van der Waals surface area contributed by atoms with Gasteiger partial charge in [-0.15, -0.1) is 11.3 Å². The number of nitrogens with one attached hydrogen (secondary N) is 2. The van der Waals surface area contributed by atoms with E-state index in [-0.39, 0.29) is 11.7 Å². The molecule has 1 fully saturated rings. The minimum Gasteiger partial charge on any atom is -0.321 e. The van der Waals surface area contributed by atoms with Crippen LogP contribution in [0.15, 0.2) is 24.3 Å². The van der Waals surface area contributed by atoms with Gasteiger partial charge in [-0.1, -0.05) is 6.92 Å². The molecule has 1 amide bonds. The molecule has 0 unspecified atom stereocenters. The molecular weight excluding hydrogens is 420 g/mol. The number of nitrogens with zero attached hydrogens (tertiary/aromatic N) is 2. The third-order valence-electron chi connectivity index (χ3n) is 5.03. The highest BCUT2D eigenvalue weighted by atomic mass is 32.2.